The Balaban J connectivity index is 1.00. The van der Waals surface area contributed by atoms with Crippen molar-refractivity contribution in [1.29, 1.82) is 0 Å². The molecule has 3 amide bonds. The maximum absolute atomic E-state index is 13.8. The number of halogens is 1. The number of benzene rings is 4. The third-order valence-electron chi connectivity index (χ3n) is 11.0. The number of aromatic nitrogens is 3. The number of fused-ring (bicyclic) bond motifs is 1. The highest BCUT2D eigenvalue weighted by atomic mass is 79.9. The summed E-state index contributed by atoms with van der Waals surface area (Å²) in [4.78, 5) is 40.5. The molecule has 0 saturated carbocycles. The molecule has 0 radical (unpaired) electrons. The van der Waals surface area contributed by atoms with Gasteiger partial charge in [-0.15, -0.1) is 5.10 Å². The van der Waals surface area contributed by atoms with Crippen LogP contribution in [0, 0.1) is 0 Å². The summed E-state index contributed by atoms with van der Waals surface area (Å²) in [6, 6.07) is 22.3. The third kappa shape index (κ3) is 14.8. The predicted octanol–water partition coefficient (Wildman–Crippen LogP) is 2.79. The van der Waals surface area contributed by atoms with Gasteiger partial charge in [0.25, 0.3) is 16.0 Å². The van der Waals surface area contributed by atoms with E-state index in [1.165, 1.54) is 30.7 Å². The average molecular weight is 1070 g/mol. The first-order valence-electron chi connectivity index (χ1n) is 22.3. The lowest BCUT2D eigenvalue weighted by Crippen LogP contribution is -2.66. The van der Waals surface area contributed by atoms with E-state index >= 15 is 0 Å². The minimum Gasteiger partial charge on any atom is -0.394 e. The van der Waals surface area contributed by atoms with E-state index in [1.807, 2.05) is 43.3 Å². The quantitative estimate of drug-likeness (QED) is 0.0145. The fraction of sp³-hybridized carbons (Fsp3) is 0.413. The van der Waals surface area contributed by atoms with Crippen molar-refractivity contribution in [2.75, 3.05) is 63.8 Å². The Morgan fingerprint density at radius 3 is 2.25 bits per heavy atom. The van der Waals surface area contributed by atoms with Crippen molar-refractivity contribution in [3.8, 4) is 0 Å². The Labute approximate surface area is 417 Å². The normalized spacial score (nSPS) is 19.5. The standard InChI is InChI=1S/C46H57BrN10O13S/c1-28(59)51-39-41(61)40(60)37(27-58)69-43(39)70-45(46(2,47)44(63)49-20-19-48-36-9-5-8-35-34(36)7-6-10-38(35)71(64,65)66)68-24-23-67-22-21-57-26-32(54-55-57)25-50-42(62)29-11-13-30(14-12-29)52-53-31-15-17-33(18-16-31)56(3)4/h5-18,26,37,39-41,43,45,48,58,60-61H,19-25,27H2,1-4H3,(H,49,63)(H,50,62)(H,51,59)(H,64,65,66)/t37-,39-,40-,41-,43+,45-,46?/m1/s1. The Morgan fingerprint density at radius 2 is 1.59 bits per heavy atom. The van der Waals surface area contributed by atoms with Crippen LogP contribution in [-0.4, -0.2) is 156 Å². The average Bonchev–Trinajstić information content (AvgIpc) is 3.81. The molecule has 23 nitrogen and oxygen atoms in total. The van der Waals surface area contributed by atoms with Gasteiger partial charge in [-0.05, 0) is 67.6 Å². The highest BCUT2D eigenvalue weighted by Crippen LogP contribution is 2.32. The van der Waals surface area contributed by atoms with Gasteiger partial charge in [0, 0.05) is 61.8 Å². The molecule has 71 heavy (non-hydrogen) atoms. The maximum Gasteiger partial charge on any atom is 0.295 e. The largest absolute Gasteiger partial charge is 0.394 e. The monoisotopic (exact) mass is 1070 g/mol. The fourth-order valence-corrected chi connectivity index (χ4v) is 8.32. The zero-order valence-electron chi connectivity index (χ0n) is 39.2. The third-order valence-corrected chi connectivity index (χ3v) is 12.7. The molecular weight excluding hydrogens is 1010 g/mol. The fourth-order valence-electron chi connectivity index (χ4n) is 7.23. The van der Waals surface area contributed by atoms with E-state index in [0.717, 1.165) is 5.69 Å². The molecule has 1 unspecified atom stereocenters. The van der Waals surface area contributed by atoms with Gasteiger partial charge in [0.2, 0.25) is 11.8 Å². The topological polar surface area (TPSA) is 310 Å². The summed E-state index contributed by atoms with van der Waals surface area (Å²) in [5, 5.41) is 60.1. The number of amides is 3. The second-order valence-electron chi connectivity index (χ2n) is 16.6. The molecule has 0 aliphatic carbocycles. The SMILES string of the molecule is CC(=O)N[C@H]1[C@H](O[C@@H](OCCOCCn2cc(CNC(=O)c3ccc(N=Nc4ccc(N(C)C)cc4)cc3)nn2)C(C)(Br)C(=O)NCCNc2cccc3c(S(=O)(=O)O)cccc23)O[C@H](CO)[C@@H](O)[C@@H]1O. The molecule has 6 rings (SSSR count). The van der Waals surface area contributed by atoms with Crippen LogP contribution in [0.2, 0.25) is 0 Å². The second kappa shape index (κ2) is 24.9. The number of ether oxygens (including phenoxy) is 4. The van der Waals surface area contributed by atoms with Crippen molar-refractivity contribution in [3.63, 3.8) is 0 Å². The van der Waals surface area contributed by atoms with E-state index in [1.54, 1.807) is 54.7 Å². The first-order chi connectivity index (χ1) is 33.8. The highest BCUT2D eigenvalue weighted by molar-refractivity contribution is 9.10. The predicted molar refractivity (Wildman–Crippen MR) is 262 cm³/mol. The maximum atomic E-state index is 13.8. The number of aliphatic hydroxyl groups excluding tert-OH is 3. The molecular formula is C46H57BrN10O13S. The molecule has 4 aromatic carbocycles. The van der Waals surface area contributed by atoms with Crippen molar-refractivity contribution in [2.45, 2.75) is 73.1 Å². The Morgan fingerprint density at radius 1 is 0.915 bits per heavy atom. The number of nitrogens with zero attached hydrogens (tertiary/aromatic N) is 6. The summed E-state index contributed by atoms with van der Waals surface area (Å²) in [7, 11) is -0.579. The van der Waals surface area contributed by atoms with Crippen LogP contribution in [0.3, 0.4) is 0 Å². The molecule has 8 N–H and O–H groups in total. The van der Waals surface area contributed by atoms with Crippen LogP contribution in [0.1, 0.15) is 29.9 Å². The van der Waals surface area contributed by atoms with Crippen molar-refractivity contribution in [3.05, 3.63) is 102 Å². The van der Waals surface area contributed by atoms with Crippen molar-refractivity contribution in [1.82, 2.24) is 30.9 Å². The van der Waals surface area contributed by atoms with Gasteiger partial charge in [0.1, 0.15) is 34.9 Å². The van der Waals surface area contributed by atoms with Crippen molar-refractivity contribution >= 4 is 77.3 Å². The van der Waals surface area contributed by atoms with Gasteiger partial charge in [0.15, 0.2) is 16.9 Å². The summed E-state index contributed by atoms with van der Waals surface area (Å²) in [5.74, 6) is -1.53. The number of carbonyl (C=O) groups excluding carboxylic acids is 3. The molecule has 382 valence electrons. The molecule has 1 aromatic heterocycles. The van der Waals surface area contributed by atoms with E-state index < -0.39 is 69.8 Å². The Hall–Kier alpha value is -6.00. The number of carbonyl (C=O) groups is 3. The minimum atomic E-state index is -4.49. The van der Waals surface area contributed by atoms with Gasteiger partial charge in [-0.2, -0.15) is 18.6 Å². The number of anilines is 2. The number of azo groups is 1. The van der Waals surface area contributed by atoms with Gasteiger partial charge in [-0.1, -0.05) is 45.4 Å². The lowest BCUT2D eigenvalue weighted by molar-refractivity contribution is -0.316. The van der Waals surface area contributed by atoms with E-state index in [0.29, 0.717) is 39.1 Å². The number of rotatable bonds is 24. The lowest BCUT2D eigenvalue weighted by atomic mass is 9.97. The van der Waals surface area contributed by atoms with Gasteiger partial charge >= 0.3 is 0 Å². The van der Waals surface area contributed by atoms with Crippen LogP contribution in [0.5, 0.6) is 0 Å². The van der Waals surface area contributed by atoms with E-state index in [9.17, 15) is 42.7 Å². The van der Waals surface area contributed by atoms with Gasteiger partial charge < -0.3 is 60.4 Å². The summed E-state index contributed by atoms with van der Waals surface area (Å²) in [6.45, 7) is 2.52. The van der Waals surface area contributed by atoms with Gasteiger partial charge in [0.05, 0.1) is 57.1 Å². The molecule has 1 saturated heterocycles. The number of alkyl halides is 1. The number of aliphatic hydroxyl groups is 3. The van der Waals surface area contributed by atoms with Crippen LogP contribution >= 0.6 is 15.9 Å². The molecule has 5 aromatic rings. The molecule has 1 fully saturated rings. The van der Waals surface area contributed by atoms with Crippen LogP contribution in [0.25, 0.3) is 10.8 Å². The molecule has 0 bridgehead atoms. The van der Waals surface area contributed by atoms with Crippen LogP contribution in [-0.2, 0) is 51.7 Å². The van der Waals surface area contributed by atoms with Gasteiger partial charge in [-0.3, -0.25) is 18.9 Å². The molecule has 0 spiro atoms. The molecule has 1 aliphatic rings. The molecule has 2 heterocycles. The number of nitrogens with one attached hydrogen (secondary N) is 4. The zero-order valence-corrected chi connectivity index (χ0v) is 41.6. The zero-order chi connectivity index (χ0) is 51.3. The van der Waals surface area contributed by atoms with E-state index in [-0.39, 0.29) is 56.8 Å². The van der Waals surface area contributed by atoms with Crippen LogP contribution < -0.4 is 26.2 Å². The molecule has 25 heteroatoms. The number of hydrogen-bond donors (Lipinski definition) is 8. The summed E-state index contributed by atoms with van der Waals surface area (Å²) < 4.78 is 57.2. The Kier molecular flexibility index (Phi) is 19.1. The second-order valence-corrected chi connectivity index (χ2v) is 19.6. The Bertz CT molecular complexity index is 2730. The van der Waals surface area contributed by atoms with Crippen molar-refractivity contribution < 1.29 is 61.6 Å². The summed E-state index contributed by atoms with van der Waals surface area (Å²) >= 11 is 3.44. The van der Waals surface area contributed by atoms with Gasteiger partial charge in [-0.25, -0.2) is 4.68 Å². The van der Waals surface area contributed by atoms with Crippen LogP contribution in [0.4, 0.5) is 22.7 Å². The van der Waals surface area contributed by atoms with Crippen LogP contribution in [0.15, 0.2) is 106 Å². The van der Waals surface area contributed by atoms with E-state index in [2.05, 4.69) is 57.7 Å². The highest BCUT2D eigenvalue weighted by Gasteiger charge is 2.49. The van der Waals surface area contributed by atoms with E-state index in [4.69, 9.17) is 18.9 Å². The minimum absolute atomic E-state index is 0.0122. The van der Waals surface area contributed by atoms with Crippen molar-refractivity contribution in [2.24, 2.45) is 10.2 Å². The smallest absolute Gasteiger partial charge is 0.295 e. The first kappa shape index (κ1) is 54.3. The molecule has 7 atom stereocenters. The lowest BCUT2D eigenvalue weighted by Gasteiger charge is -2.44. The summed E-state index contributed by atoms with van der Waals surface area (Å²) in [6.07, 6.45) is -5.94. The molecule has 1 aliphatic heterocycles. The first-order valence-corrected chi connectivity index (χ1v) is 24.5. The number of hydrogen-bond acceptors (Lipinski definition) is 18. The summed E-state index contributed by atoms with van der Waals surface area (Å²) in [5.41, 5.74) is 3.80.